The molecule has 0 bridgehead atoms. The SMILES string of the molecule is CC(C)CNC(C)Cc1cccs1. The van der Waals surface area contributed by atoms with Gasteiger partial charge in [0.15, 0.2) is 0 Å². The van der Waals surface area contributed by atoms with E-state index in [9.17, 15) is 0 Å². The lowest BCUT2D eigenvalue weighted by Gasteiger charge is -2.14. The fourth-order valence-corrected chi connectivity index (χ4v) is 2.07. The Bertz CT molecular complexity index is 216. The minimum atomic E-state index is 0.598. The Labute approximate surface area is 85.2 Å². The summed E-state index contributed by atoms with van der Waals surface area (Å²) in [5.41, 5.74) is 0. The molecule has 0 amide bonds. The molecular formula is C11H19NS. The first kappa shape index (κ1) is 10.7. The molecular weight excluding hydrogens is 178 g/mol. The van der Waals surface area contributed by atoms with Crippen LogP contribution in [0.15, 0.2) is 17.5 Å². The second-order valence-corrected chi connectivity index (χ2v) is 5.02. The van der Waals surface area contributed by atoms with Crippen LogP contribution in [0.4, 0.5) is 0 Å². The van der Waals surface area contributed by atoms with Crippen LogP contribution in [0.2, 0.25) is 0 Å². The number of thiophene rings is 1. The van der Waals surface area contributed by atoms with E-state index < -0.39 is 0 Å². The number of rotatable bonds is 5. The molecule has 1 heterocycles. The highest BCUT2D eigenvalue weighted by atomic mass is 32.1. The van der Waals surface area contributed by atoms with E-state index in [4.69, 9.17) is 0 Å². The average molecular weight is 197 g/mol. The van der Waals surface area contributed by atoms with Crippen LogP contribution in [0.1, 0.15) is 25.6 Å². The molecule has 1 aromatic rings. The van der Waals surface area contributed by atoms with Gasteiger partial charge in [-0.15, -0.1) is 11.3 Å². The zero-order valence-electron chi connectivity index (χ0n) is 8.71. The molecule has 2 heteroatoms. The van der Waals surface area contributed by atoms with Gasteiger partial charge in [-0.3, -0.25) is 0 Å². The molecule has 0 aromatic carbocycles. The lowest BCUT2D eigenvalue weighted by molar-refractivity contribution is 0.484. The van der Waals surface area contributed by atoms with Crippen molar-refractivity contribution in [2.45, 2.75) is 33.2 Å². The van der Waals surface area contributed by atoms with Gasteiger partial charge in [0, 0.05) is 10.9 Å². The van der Waals surface area contributed by atoms with Crippen molar-refractivity contribution in [1.82, 2.24) is 5.32 Å². The van der Waals surface area contributed by atoms with Crippen LogP contribution >= 0.6 is 11.3 Å². The third-order valence-electron chi connectivity index (χ3n) is 1.96. The predicted molar refractivity (Wildman–Crippen MR) is 60.3 cm³/mol. The van der Waals surface area contributed by atoms with E-state index in [1.165, 1.54) is 4.88 Å². The summed E-state index contributed by atoms with van der Waals surface area (Å²) in [6.07, 6.45) is 1.16. The summed E-state index contributed by atoms with van der Waals surface area (Å²) in [6.45, 7) is 7.85. The molecule has 0 aliphatic carbocycles. The van der Waals surface area contributed by atoms with Crippen molar-refractivity contribution >= 4 is 11.3 Å². The normalized spacial score (nSPS) is 13.5. The Hall–Kier alpha value is -0.340. The maximum atomic E-state index is 3.53. The van der Waals surface area contributed by atoms with Gasteiger partial charge in [0.05, 0.1) is 0 Å². The van der Waals surface area contributed by atoms with Crippen LogP contribution in [0.5, 0.6) is 0 Å². The highest BCUT2D eigenvalue weighted by Crippen LogP contribution is 2.10. The molecule has 1 nitrogen and oxygen atoms in total. The fraction of sp³-hybridized carbons (Fsp3) is 0.636. The number of hydrogen-bond acceptors (Lipinski definition) is 2. The largest absolute Gasteiger partial charge is 0.314 e. The zero-order chi connectivity index (χ0) is 9.68. The molecule has 0 saturated carbocycles. The van der Waals surface area contributed by atoms with Gasteiger partial charge in [0.1, 0.15) is 0 Å². The maximum absolute atomic E-state index is 3.53. The van der Waals surface area contributed by atoms with Crippen molar-refractivity contribution < 1.29 is 0 Å². The number of nitrogens with one attached hydrogen (secondary N) is 1. The van der Waals surface area contributed by atoms with E-state index in [2.05, 4.69) is 43.6 Å². The molecule has 13 heavy (non-hydrogen) atoms. The van der Waals surface area contributed by atoms with Crippen molar-refractivity contribution in [3.8, 4) is 0 Å². The van der Waals surface area contributed by atoms with E-state index in [1.807, 2.05) is 11.3 Å². The van der Waals surface area contributed by atoms with Gasteiger partial charge >= 0.3 is 0 Å². The van der Waals surface area contributed by atoms with Crippen LogP contribution in [0, 0.1) is 5.92 Å². The molecule has 0 saturated heterocycles. The third-order valence-corrected chi connectivity index (χ3v) is 2.86. The molecule has 1 unspecified atom stereocenters. The zero-order valence-corrected chi connectivity index (χ0v) is 9.53. The molecule has 0 radical (unpaired) electrons. The first-order valence-corrected chi connectivity index (χ1v) is 5.82. The molecule has 1 aromatic heterocycles. The molecule has 0 aliphatic rings. The maximum Gasteiger partial charge on any atom is 0.00871 e. The van der Waals surface area contributed by atoms with Crippen molar-refractivity contribution in [3.05, 3.63) is 22.4 Å². The van der Waals surface area contributed by atoms with E-state index in [-0.39, 0.29) is 0 Å². The van der Waals surface area contributed by atoms with Crippen LogP contribution < -0.4 is 5.32 Å². The molecule has 1 rings (SSSR count). The van der Waals surface area contributed by atoms with Gasteiger partial charge in [-0.05, 0) is 37.3 Å². The summed E-state index contributed by atoms with van der Waals surface area (Å²) in [5, 5.41) is 5.67. The van der Waals surface area contributed by atoms with Gasteiger partial charge < -0.3 is 5.32 Å². The van der Waals surface area contributed by atoms with E-state index in [1.54, 1.807) is 0 Å². The first-order chi connectivity index (χ1) is 6.18. The van der Waals surface area contributed by atoms with Gasteiger partial charge in [-0.25, -0.2) is 0 Å². The summed E-state index contributed by atoms with van der Waals surface area (Å²) in [7, 11) is 0. The van der Waals surface area contributed by atoms with Crippen molar-refractivity contribution in [2.75, 3.05) is 6.54 Å². The summed E-state index contributed by atoms with van der Waals surface area (Å²) in [5.74, 6) is 0.741. The minimum absolute atomic E-state index is 0.598. The van der Waals surface area contributed by atoms with Crippen molar-refractivity contribution in [2.24, 2.45) is 5.92 Å². The molecule has 0 spiro atoms. The van der Waals surface area contributed by atoms with E-state index in [0.717, 1.165) is 18.9 Å². The molecule has 0 fully saturated rings. The quantitative estimate of drug-likeness (QED) is 0.765. The fourth-order valence-electron chi connectivity index (χ4n) is 1.24. The average Bonchev–Trinajstić information content (AvgIpc) is 2.53. The lowest BCUT2D eigenvalue weighted by Crippen LogP contribution is -2.30. The molecule has 74 valence electrons. The molecule has 0 aliphatic heterocycles. The Balaban J connectivity index is 2.22. The predicted octanol–water partition coefficient (Wildman–Crippen LogP) is 2.92. The summed E-state index contributed by atoms with van der Waals surface area (Å²) < 4.78 is 0. The molecule has 1 N–H and O–H groups in total. The lowest BCUT2D eigenvalue weighted by atomic mass is 10.1. The summed E-state index contributed by atoms with van der Waals surface area (Å²) in [6, 6.07) is 4.92. The molecule has 1 atom stereocenters. The monoisotopic (exact) mass is 197 g/mol. The van der Waals surface area contributed by atoms with E-state index >= 15 is 0 Å². The van der Waals surface area contributed by atoms with Gasteiger partial charge in [0.25, 0.3) is 0 Å². The van der Waals surface area contributed by atoms with Crippen LogP contribution in [-0.4, -0.2) is 12.6 Å². The van der Waals surface area contributed by atoms with Gasteiger partial charge in [-0.2, -0.15) is 0 Å². The summed E-state index contributed by atoms with van der Waals surface area (Å²) >= 11 is 1.85. The summed E-state index contributed by atoms with van der Waals surface area (Å²) in [4.78, 5) is 1.48. The number of hydrogen-bond donors (Lipinski definition) is 1. The van der Waals surface area contributed by atoms with E-state index in [0.29, 0.717) is 6.04 Å². The van der Waals surface area contributed by atoms with Gasteiger partial charge in [-0.1, -0.05) is 19.9 Å². The van der Waals surface area contributed by atoms with Crippen molar-refractivity contribution in [3.63, 3.8) is 0 Å². The first-order valence-electron chi connectivity index (χ1n) is 4.94. The Kier molecular flexibility index (Phi) is 4.46. The second kappa shape index (κ2) is 5.40. The van der Waals surface area contributed by atoms with Crippen LogP contribution in [0.25, 0.3) is 0 Å². The third kappa shape index (κ3) is 4.44. The Morgan fingerprint density at radius 1 is 1.38 bits per heavy atom. The Morgan fingerprint density at radius 3 is 2.69 bits per heavy atom. The topological polar surface area (TPSA) is 12.0 Å². The van der Waals surface area contributed by atoms with Crippen molar-refractivity contribution in [1.29, 1.82) is 0 Å². The van der Waals surface area contributed by atoms with Crippen LogP contribution in [-0.2, 0) is 6.42 Å². The minimum Gasteiger partial charge on any atom is -0.314 e. The van der Waals surface area contributed by atoms with Crippen LogP contribution in [0.3, 0.4) is 0 Å². The smallest absolute Gasteiger partial charge is 0.00871 e. The highest BCUT2D eigenvalue weighted by Gasteiger charge is 2.03. The van der Waals surface area contributed by atoms with Gasteiger partial charge in [0.2, 0.25) is 0 Å². The highest BCUT2D eigenvalue weighted by molar-refractivity contribution is 7.09. The standard InChI is InChI=1S/C11H19NS/c1-9(2)8-12-10(3)7-11-5-4-6-13-11/h4-6,9-10,12H,7-8H2,1-3H3. The Morgan fingerprint density at radius 2 is 2.15 bits per heavy atom. The second-order valence-electron chi connectivity index (χ2n) is 3.99.